The van der Waals surface area contributed by atoms with E-state index in [1.165, 1.54) is 12.0 Å². The molecule has 2 aromatic carbocycles. The number of sulfonamides is 1. The van der Waals surface area contributed by atoms with Gasteiger partial charge in [0.2, 0.25) is 5.09 Å². The first kappa shape index (κ1) is 18.1. The van der Waals surface area contributed by atoms with Gasteiger partial charge in [-0.25, -0.2) is 0 Å². The van der Waals surface area contributed by atoms with E-state index in [1.807, 2.05) is 42.5 Å². The predicted molar refractivity (Wildman–Crippen MR) is 108 cm³/mol. The average Bonchev–Trinajstić information content (AvgIpc) is 3.29. The molecule has 1 aliphatic heterocycles. The molecule has 0 bridgehead atoms. The molecule has 4 rings (SSSR count). The topological polar surface area (TPSA) is 62.6 Å². The summed E-state index contributed by atoms with van der Waals surface area (Å²) < 4.78 is 33.3. The summed E-state index contributed by atoms with van der Waals surface area (Å²) in [7, 11) is -3.75. The van der Waals surface area contributed by atoms with Crippen LogP contribution in [-0.4, -0.2) is 33.0 Å². The predicted octanol–water partition coefficient (Wildman–Crippen LogP) is 4.43. The molecular formula is C21H24N2O3S. The standard InChI is InChI=1S/C21H24N2O3S/c1-2-12-23-13-11-18(15-23)16-7-9-19(10-8-16)22-27(24,25)21-14-17-5-3-4-6-20(17)26-21/h3-10,14,18,22H,2,11-13,15H2,1H3/t18-/m1/s1. The van der Waals surface area contributed by atoms with Crippen LogP contribution in [0.15, 0.2) is 64.1 Å². The third-order valence-electron chi connectivity index (χ3n) is 5.11. The molecule has 27 heavy (non-hydrogen) atoms. The van der Waals surface area contributed by atoms with Gasteiger partial charge in [-0.2, -0.15) is 8.42 Å². The number of furan rings is 1. The molecule has 6 heteroatoms. The average molecular weight is 385 g/mol. The molecule has 1 aromatic heterocycles. The van der Waals surface area contributed by atoms with Crippen molar-refractivity contribution in [1.29, 1.82) is 0 Å². The Kier molecular flexibility index (Phi) is 4.93. The molecule has 1 saturated heterocycles. The van der Waals surface area contributed by atoms with Crippen molar-refractivity contribution in [3.05, 3.63) is 60.2 Å². The Morgan fingerprint density at radius 3 is 2.67 bits per heavy atom. The van der Waals surface area contributed by atoms with Gasteiger partial charge in [-0.15, -0.1) is 0 Å². The second kappa shape index (κ2) is 7.37. The zero-order valence-corrected chi connectivity index (χ0v) is 16.2. The van der Waals surface area contributed by atoms with Crippen molar-refractivity contribution in [3.8, 4) is 0 Å². The van der Waals surface area contributed by atoms with E-state index < -0.39 is 10.0 Å². The first-order valence-corrected chi connectivity index (χ1v) is 10.9. The van der Waals surface area contributed by atoms with Crippen LogP contribution in [0.25, 0.3) is 11.0 Å². The van der Waals surface area contributed by atoms with Gasteiger partial charge in [0.25, 0.3) is 10.0 Å². The molecule has 0 unspecified atom stereocenters. The van der Waals surface area contributed by atoms with Crippen molar-refractivity contribution >= 4 is 26.7 Å². The van der Waals surface area contributed by atoms with Gasteiger partial charge in [0.15, 0.2) is 0 Å². The van der Waals surface area contributed by atoms with E-state index >= 15 is 0 Å². The van der Waals surface area contributed by atoms with Gasteiger partial charge in [0.05, 0.1) is 0 Å². The van der Waals surface area contributed by atoms with E-state index in [-0.39, 0.29) is 5.09 Å². The Hall–Kier alpha value is -2.31. The second-order valence-electron chi connectivity index (χ2n) is 7.12. The van der Waals surface area contributed by atoms with Crippen LogP contribution in [0.2, 0.25) is 0 Å². The number of benzene rings is 2. The van der Waals surface area contributed by atoms with Gasteiger partial charge >= 0.3 is 0 Å². The molecule has 0 saturated carbocycles. The highest BCUT2D eigenvalue weighted by Gasteiger charge is 2.23. The summed E-state index contributed by atoms with van der Waals surface area (Å²) in [5.74, 6) is 0.526. The van der Waals surface area contributed by atoms with Crippen LogP contribution in [-0.2, 0) is 10.0 Å². The normalized spacial score (nSPS) is 18.2. The van der Waals surface area contributed by atoms with E-state index in [0.717, 1.165) is 31.4 Å². The lowest BCUT2D eigenvalue weighted by atomic mass is 9.98. The first-order chi connectivity index (χ1) is 13.0. The molecule has 0 radical (unpaired) electrons. The Morgan fingerprint density at radius 1 is 1.15 bits per heavy atom. The Bertz CT molecular complexity index is 992. The lowest BCUT2D eigenvalue weighted by molar-refractivity contribution is 0.335. The molecule has 142 valence electrons. The number of rotatable bonds is 6. The molecule has 2 heterocycles. The summed E-state index contributed by atoms with van der Waals surface area (Å²) in [6.07, 6.45) is 2.33. The molecular weight excluding hydrogens is 360 g/mol. The van der Waals surface area contributed by atoms with E-state index in [9.17, 15) is 8.42 Å². The van der Waals surface area contributed by atoms with Crippen molar-refractivity contribution in [2.75, 3.05) is 24.4 Å². The summed E-state index contributed by atoms with van der Waals surface area (Å²) in [5, 5.41) is 0.699. The fourth-order valence-corrected chi connectivity index (χ4v) is 4.77. The molecule has 0 amide bonds. The van der Waals surface area contributed by atoms with Gasteiger partial charge in [-0.1, -0.05) is 37.3 Å². The van der Waals surface area contributed by atoms with Crippen LogP contribution in [0.5, 0.6) is 0 Å². The summed E-state index contributed by atoms with van der Waals surface area (Å²) in [6.45, 7) is 5.57. The zero-order valence-electron chi connectivity index (χ0n) is 15.4. The van der Waals surface area contributed by atoms with E-state index in [2.05, 4.69) is 16.5 Å². The number of likely N-dealkylation sites (tertiary alicyclic amines) is 1. The highest BCUT2D eigenvalue weighted by molar-refractivity contribution is 7.92. The Morgan fingerprint density at radius 2 is 1.93 bits per heavy atom. The van der Waals surface area contributed by atoms with E-state index in [4.69, 9.17) is 4.42 Å². The van der Waals surface area contributed by atoms with Gasteiger partial charge in [-0.05, 0) is 55.6 Å². The highest BCUT2D eigenvalue weighted by atomic mass is 32.2. The minimum Gasteiger partial charge on any atom is -0.443 e. The van der Waals surface area contributed by atoms with Crippen LogP contribution in [0.1, 0.15) is 31.2 Å². The van der Waals surface area contributed by atoms with E-state index in [1.54, 1.807) is 12.1 Å². The lowest BCUT2D eigenvalue weighted by Crippen LogP contribution is -2.20. The largest absolute Gasteiger partial charge is 0.443 e. The molecule has 1 N–H and O–H groups in total. The molecule has 0 aliphatic carbocycles. The summed E-state index contributed by atoms with van der Waals surface area (Å²) in [6, 6.07) is 16.5. The minimum atomic E-state index is -3.75. The summed E-state index contributed by atoms with van der Waals surface area (Å²) in [4.78, 5) is 2.49. The van der Waals surface area contributed by atoms with Crippen LogP contribution in [0.3, 0.4) is 0 Å². The number of fused-ring (bicyclic) bond motifs is 1. The molecule has 0 spiro atoms. The Balaban J connectivity index is 1.47. The maximum Gasteiger partial charge on any atom is 0.295 e. The van der Waals surface area contributed by atoms with Crippen LogP contribution in [0, 0.1) is 0 Å². The van der Waals surface area contributed by atoms with Crippen molar-refractivity contribution in [2.24, 2.45) is 0 Å². The second-order valence-corrected chi connectivity index (χ2v) is 8.73. The van der Waals surface area contributed by atoms with Crippen LogP contribution in [0.4, 0.5) is 5.69 Å². The van der Waals surface area contributed by atoms with Gasteiger partial charge in [0, 0.05) is 23.7 Å². The van der Waals surface area contributed by atoms with Crippen LogP contribution < -0.4 is 4.72 Å². The fraction of sp³-hybridized carbons (Fsp3) is 0.333. The number of hydrogen-bond acceptors (Lipinski definition) is 4. The van der Waals surface area contributed by atoms with Crippen molar-refractivity contribution in [1.82, 2.24) is 4.90 Å². The minimum absolute atomic E-state index is 0.0706. The Labute approximate surface area is 160 Å². The molecule has 3 aromatic rings. The molecule has 1 aliphatic rings. The molecule has 1 fully saturated rings. The summed E-state index contributed by atoms with van der Waals surface area (Å²) >= 11 is 0. The smallest absolute Gasteiger partial charge is 0.295 e. The maximum atomic E-state index is 12.6. The number of nitrogens with zero attached hydrogens (tertiary/aromatic N) is 1. The number of anilines is 1. The number of nitrogens with one attached hydrogen (secondary N) is 1. The fourth-order valence-electron chi connectivity index (χ4n) is 3.74. The lowest BCUT2D eigenvalue weighted by Gasteiger charge is -2.15. The summed E-state index contributed by atoms with van der Waals surface area (Å²) in [5.41, 5.74) is 2.37. The van der Waals surface area contributed by atoms with Crippen LogP contribution >= 0.6 is 0 Å². The maximum absolute atomic E-state index is 12.6. The number of hydrogen-bond donors (Lipinski definition) is 1. The SMILES string of the molecule is CCCN1CC[C@@H](c2ccc(NS(=O)(=O)c3cc4ccccc4o3)cc2)C1. The van der Waals surface area contributed by atoms with Gasteiger partial charge in [0.1, 0.15) is 5.58 Å². The van der Waals surface area contributed by atoms with Crippen molar-refractivity contribution in [2.45, 2.75) is 30.8 Å². The third kappa shape index (κ3) is 3.87. The zero-order chi connectivity index (χ0) is 18.9. The number of para-hydroxylation sites is 1. The molecule has 5 nitrogen and oxygen atoms in total. The van der Waals surface area contributed by atoms with E-state index in [0.29, 0.717) is 17.2 Å². The first-order valence-electron chi connectivity index (χ1n) is 9.39. The highest BCUT2D eigenvalue weighted by Crippen LogP contribution is 2.29. The molecule has 1 atom stereocenters. The third-order valence-corrected chi connectivity index (χ3v) is 6.35. The van der Waals surface area contributed by atoms with Crippen molar-refractivity contribution < 1.29 is 12.8 Å². The van der Waals surface area contributed by atoms with Gasteiger partial charge in [-0.3, -0.25) is 4.72 Å². The van der Waals surface area contributed by atoms with Crippen molar-refractivity contribution in [3.63, 3.8) is 0 Å². The monoisotopic (exact) mass is 384 g/mol. The van der Waals surface area contributed by atoms with Gasteiger partial charge < -0.3 is 9.32 Å². The quantitative estimate of drug-likeness (QED) is 0.683.